The standard InChI is InChI=1S/C13H16F3N3/c1-18(2)6-3-7-19-9-17-11-5-4-10(8-12(11)19)13(14,15)16/h4-5,8-9H,3,6-7H2,1-2H3. The Morgan fingerprint density at radius 3 is 2.63 bits per heavy atom. The highest BCUT2D eigenvalue weighted by Gasteiger charge is 2.30. The molecule has 0 amide bonds. The summed E-state index contributed by atoms with van der Waals surface area (Å²) in [5.74, 6) is 0. The van der Waals surface area contributed by atoms with Crippen LogP contribution in [0.2, 0.25) is 0 Å². The summed E-state index contributed by atoms with van der Waals surface area (Å²) in [6.45, 7) is 1.55. The van der Waals surface area contributed by atoms with Crippen LogP contribution >= 0.6 is 0 Å². The number of halogens is 3. The molecule has 0 fully saturated rings. The zero-order valence-corrected chi connectivity index (χ0v) is 10.9. The molecule has 1 aromatic heterocycles. The molecule has 6 heteroatoms. The van der Waals surface area contributed by atoms with Gasteiger partial charge < -0.3 is 9.47 Å². The molecule has 0 N–H and O–H groups in total. The Hall–Kier alpha value is -1.56. The molecule has 0 unspecified atom stereocenters. The van der Waals surface area contributed by atoms with Gasteiger partial charge in [-0.15, -0.1) is 0 Å². The second-order valence-electron chi connectivity index (χ2n) is 4.80. The van der Waals surface area contributed by atoms with E-state index in [1.165, 1.54) is 6.07 Å². The Morgan fingerprint density at radius 1 is 1.26 bits per heavy atom. The fourth-order valence-corrected chi connectivity index (χ4v) is 1.97. The fraction of sp³-hybridized carbons (Fsp3) is 0.462. The average molecular weight is 271 g/mol. The molecule has 0 bridgehead atoms. The van der Waals surface area contributed by atoms with Crippen molar-refractivity contribution in [1.82, 2.24) is 14.5 Å². The predicted molar refractivity (Wildman–Crippen MR) is 67.9 cm³/mol. The third-order valence-corrected chi connectivity index (χ3v) is 2.95. The summed E-state index contributed by atoms with van der Waals surface area (Å²) in [5, 5.41) is 0. The smallest absolute Gasteiger partial charge is 0.331 e. The van der Waals surface area contributed by atoms with Gasteiger partial charge in [-0.1, -0.05) is 0 Å². The fourth-order valence-electron chi connectivity index (χ4n) is 1.97. The summed E-state index contributed by atoms with van der Waals surface area (Å²) in [6.07, 6.45) is -1.85. The van der Waals surface area contributed by atoms with Crippen molar-refractivity contribution < 1.29 is 13.2 Å². The molecule has 0 aliphatic heterocycles. The quantitative estimate of drug-likeness (QED) is 0.852. The highest BCUT2D eigenvalue weighted by atomic mass is 19.4. The Balaban J connectivity index is 2.25. The van der Waals surface area contributed by atoms with Gasteiger partial charge in [0.2, 0.25) is 0 Å². The monoisotopic (exact) mass is 271 g/mol. The van der Waals surface area contributed by atoms with Crippen LogP contribution < -0.4 is 0 Å². The van der Waals surface area contributed by atoms with Crippen LogP contribution in [0.5, 0.6) is 0 Å². The molecule has 0 aliphatic rings. The lowest BCUT2D eigenvalue weighted by atomic mass is 10.2. The minimum atomic E-state index is -4.31. The van der Waals surface area contributed by atoms with Crippen LogP contribution in [-0.4, -0.2) is 35.1 Å². The van der Waals surface area contributed by atoms with Crippen molar-refractivity contribution in [3.05, 3.63) is 30.1 Å². The summed E-state index contributed by atoms with van der Waals surface area (Å²) in [6, 6.07) is 3.65. The Morgan fingerprint density at radius 2 is 2.00 bits per heavy atom. The maximum Gasteiger partial charge on any atom is 0.416 e. The molecule has 2 rings (SSSR count). The Bertz CT molecular complexity index is 558. The zero-order valence-electron chi connectivity index (χ0n) is 10.9. The van der Waals surface area contributed by atoms with Gasteiger partial charge in [-0.3, -0.25) is 0 Å². The molecule has 0 saturated heterocycles. The molecule has 0 atom stereocenters. The molecule has 0 spiro atoms. The third kappa shape index (κ3) is 3.26. The van der Waals surface area contributed by atoms with Gasteiger partial charge in [0.05, 0.1) is 22.9 Å². The summed E-state index contributed by atoms with van der Waals surface area (Å²) in [7, 11) is 3.93. The van der Waals surface area contributed by atoms with Crippen LogP contribution in [0.15, 0.2) is 24.5 Å². The van der Waals surface area contributed by atoms with Crippen molar-refractivity contribution in [1.29, 1.82) is 0 Å². The van der Waals surface area contributed by atoms with Crippen LogP contribution in [0.3, 0.4) is 0 Å². The number of imidazole rings is 1. The maximum atomic E-state index is 12.7. The van der Waals surface area contributed by atoms with Gasteiger partial charge in [-0.05, 0) is 45.3 Å². The largest absolute Gasteiger partial charge is 0.416 e. The van der Waals surface area contributed by atoms with E-state index in [0.717, 1.165) is 25.1 Å². The van der Waals surface area contributed by atoms with E-state index in [2.05, 4.69) is 4.98 Å². The highest BCUT2D eigenvalue weighted by molar-refractivity contribution is 5.76. The molecule has 0 aliphatic carbocycles. The predicted octanol–water partition coefficient (Wildman–Crippen LogP) is 3.01. The van der Waals surface area contributed by atoms with Crippen LogP contribution in [-0.2, 0) is 12.7 Å². The molecule has 3 nitrogen and oxygen atoms in total. The van der Waals surface area contributed by atoms with E-state index < -0.39 is 11.7 Å². The number of benzene rings is 1. The van der Waals surface area contributed by atoms with E-state index in [4.69, 9.17) is 0 Å². The van der Waals surface area contributed by atoms with Gasteiger partial charge in [0.25, 0.3) is 0 Å². The molecular formula is C13H16F3N3. The van der Waals surface area contributed by atoms with E-state index in [-0.39, 0.29) is 0 Å². The van der Waals surface area contributed by atoms with E-state index in [9.17, 15) is 13.2 Å². The molecule has 1 aromatic carbocycles. The van der Waals surface area contributed by atoms with Gasteiger partial charge in [0, 0.05) is 6.54 Å². The molecule has 1 heterocycles. The average Bonchev–Trinajstić information content (AvgIpc) is 2.70. The number of hydrogen-bond acceptors (Lipinski definition) is 2. The summed E-state index contributed by atoms with van der Waals surface area (Å²) in [4.78, 5) is 6.16. The Kier molecular flexibility index (Phi) is 3.80. The van der Waals surface area contributed by atoms with E-state index in [0.29, 0.717) is 17.6 Å². The normalized spacial score (nSPS) is 12.5. The van der Waals surface area contributed by atoms with Crippen molar-refractivity contribution in [3.8, 4) is 0 Å². The van der Waals surface area contributed by atoms with Gasteiger partial charge in [-0.2, -0.15) is 13.2 Å². The lowest BCUT2D eigenvalue weighted by molar-refractivity contribution is -0.137. The van der Waals surface area contributed by atoms with Gasteiger partial charge in [-0.25, -0.2) is 4.98 Å². The van der Waals surface area contributed by atoms with Gasteiger partial charge >= 0.3 is 6.18 Å². The minimum absolute atomic E-state index is 0.536. The topological polar surface area (TPSA) is 21.1 Å². The molecule has 0 saturated carbocycles. The molecule has 104 valence electrons. The van der Waals surface area contributed by atoms with Crippen molar-refractivity contribution in [2.24, 2.45) is 0 Å². The first kappa shape index (κ1) is 13.9. The first-order valence-electron chi connectivity index (χ1n) is 6.05. The third-order valence-electron chi connectivity index (χ3n) is 2.95. The molecular weight excluding hydrogens is 255 g/mol. The minimum Gasteiger partial charge on any atom is -0.331 e. The molecule has 19 heavy (non-hydrogen) atoms. The van der Waals surface area contributed by atoms with E-state index >= 15 is 0 Å². The number of rotatable bonds is 4. The molecule has 2 aromatic rings. The second-order valence-corrected chi connectivity index (χ2v) is 4.80. The number of alkyl halides is 3. The van der Waals surface area contributed by atoms with E-state index in [1.807, 2.05) is 19.0 Å². The van der Waals surface area contributed by atoms with Crippen molar-refractivity contribution >= 4 is 11.0 Å². The summed E-state index contributed by atoms with van der Waals surface area (Å²) >= 11 is 0. The maximum absolute atomic E-state index is 12.7. The lowest BCUT2D eigenvalue weighted by Gasteiger charge is -2.11. The van der Waals surface area contributed by atoms with Crippen LogP contribution in [0.1, 0.15) is 12.0 Å². The van der Waals surface area contributed by atoms with Crippen molar-refractivity contribution in [2.45, 2.75) is 19.1 Å². The highest BCUT2D eigenvalue weighted by Crippen LogP contribution is 2.31. The van der Waals surface area contributed by atoms with Gasteiger partial charge in [0.1, 0.15) is 0 Å². The summed E-state index contributed by atoms with van der Waals surface area (Å²) in [5.41, 5.74) is 0.501. The number of aromatic nitrogens is 2. The van der Waals surface area contributed by atoms with Crippen molar-refractivity contribution in [3.63, 3.8) is 0 Å². The number of nitrogens with zero attached hydrogens (tertiary/aromatic N) is 3. The van der Waals surface area contributed by atoms with Crippen molar-refractivity contribution in [2.75, 3.05) is 20.6 Å². The first-order chi connectivity index (χ1) is 8.88. The summed E-state index contributed by atoms with van der Waals surface area (Å²) < 4.78 is 39.8. The van der Waals surface area contributed by atoms with Crippen LogP contribution in [0.4, 0.5) is 13.2 Å². The van der Waals surface area contributed by atoms with Crippen LogP contribution in [0.25, 0.3) is 11.0 Å². The molecule has 0 radical (unpaired) electrons. The number of fused-ring (bicyclic) bond motifs is 1. The number of hydrogen-bond donors (Lipinski definition) is 0. The number of aryl methyl sites for hydroxylation is 1. The van der Waals surface area contributed by atoms with Crippen LogP contribution in [0, 0.1) is 0 Å². The lowest BCUT2D eigenvalue weighted by Crippen LogP contribution is -2.14. The van der Waals surface area contributed by atoms with E-state index in [1.54, 1.807) is 10.9 Å². The SMILES string of the molecule is CN(C)CCCn1cnc2ccc(C(F)(F)F)cc21. The first-order valence-corrected chi connectivity index (χ1v) is 6.05. The van der Waals surface area contributed by atoms with Gasteiger partial charge in [0.15, 0.2) is 0 Å². The Labute approximate surface area is 109 Å². The second kappa shape index (κ2) is 5.21. The zero-order chi connectivity index (χ0) is 14.0.